The number of rotatable bonds is 4. The summed E-state index contributed by atoms with van der Waals surface area (Å²) < 4.78 is 26.6. The Kier molecular flexibility index (Phi) is 3.18. The van der Waals surface area contributed by atoms with E-state index in [2.05, 4.69) is 14.9 Å². The van der Waals surface area contributed by atoms with Gasteiger partial charge in [-0.3, -0.25) is 9.82 Å². The van der Waals surface area contributed by atoms with Crippen LogP contribution in [-0.4, -0.2) is 18.6 Å². The lowest BCUT2D eigenvalue weighted by molar-refractivity contribution is 0.601. The third-order valence-electron chi connectivity index (χ3n) is 2.16. The van der Waals surface area contributed by atoms with E-state index < -0.39 is 10.0 Å². The zero-order chi connectivity index (χ0) is 12.5. The van der Waals surface area contributed by atoms with Crippen molar-refractivity contribution in [2.24, 2.45) is 5.73 Å². The molecule has 0 radical (unpaired) electrons. The second-order valence-electron chi connectivity index (χ2n) is 3.43. The highest BCUT2D eigenvalue weighted by molar-refractivity contribution is 7.93. The number of aromatic amines is 1. The fourth-order valence-corrected chi connectivity index (χ4v) is 3.96. The first-order chi connectivity index (χ1) is 8.03. The first-order valence-corrected chi connectivity index (χ1v) is 7.14. The Bertz CT molecular complexity index is 601. The molecule has 0 amide bonds. The van der Waals surface area contributed by atoms with Gasteiger partial charge in [-0.15, -0.1) is 11.3 Å². The molecule has 2 heterocycles. The third kappa shape index (κ3) is 2.48. The van der Waals surface area contributed by atoms with Gasteiger partial charge in [0.1, 0.15) is 4.90 Å². The highest BCUT2D eigenvalue weighted by atomic mass is 32.2. The number of anilines is 1. The van der Waals surface area contributed by atoms with Crippen LogP contribution in [0.3, 0.4) is 0 Å². The molecule has 0 aliphatic rings. The van der Waals surface area contributed by atoms with Crippen LogP contribution in [0.5, 0.6) is 0 Å². The molecule has 0 fully saturated rings. The molecule has 4 N–H and O–H groups in total. The molecule has 2 rings (SSSR count). The molecule has 0 atom stereocenters. The smallest absolute Gasteiger partial charge is 0.263 e. The summed E-state index contributed by atoms with van der Waals surface area (Å²) in [7, 11) is -3.56. The first-order valence-electron chi connectivity index (χ1n) is 4.84. The van der Waals surface area contributed by atoms with Crippen molar-refractivity contribution in [3.05, 3.63) is 28.2 Å². The first kappa shape index (κ1) is 12.1. The molecule has 0 aliphatic heterocycles. The van der Waals surface area contributed by atoms with Crippen molar-refractivity contribution in [3.63, 3.8) is 0 Å². The minimum Gasteiger partial charge on any atom is -0.326 e. The van der Waals surface area contributed by atoms with Gasteiger partial charge >= 0.3 is 0 Å². The van der Waals surface area contributed by atoms with E-state index in [1.54, 1.807) is 13.0 Å². The van der Waals surface area contributed by atoms with E-state index in [-0.39, 0.29) is 4.90 Å². The van der Waals surface area contributed by atoms with Gasteiger partial charge in [0.2, 0.25) is 0 Å². The van der Waals surface area contributed by atoms with Gasteiger partial charge in [0, 0.05) is 22.5 Å². The van der Waals surface area contributed by atoms with Crippen LogP contribution in [0.1, 0.15) is 9.75 Å². The SMILES string of the molecule is Cc1sc(CN)cc1S(=O)(=O)Nc1cn[nH]c1. The van der Waals surface area contributed by atoms with Gasteiger partial charge in [-0.2, -0.15) is 5.10 Å². The molecule has 2 aromatic rings. The molecule has 2 aromatic heterocycles. The molecular weight excluding hydrogens is 260 g/mol. The minimum atomic E-state index is -3.56. The van der Waals surface area contributed by atoms with Gasteiger partial charge in [0.25, 0.3) is 10.0 Å². The quantitative estimate of drug-likeness (QED) is 0.774. The van der Waals surface area contributed by atoms with Gasteiger partial charge < -0.3 is 5.73 Å². The summed E-state index contributed by atoms with van der Waals surface area (Å²) in [5.74, 6) is 0. The fourth-order valence-electron chi connectivity index (χ4n) is 1.41. The number of thiophene rings is 1. The van der Waals surface area contributed by atoms with E-state index in [4.69, 9.17) is 5.73 Å². The number of aryl methyl sites for hydroxylation is 1. The van der Waals surface area contributed by atoms with Crippen molar-refractivity contribution in [2.45, 2.75) is 18.4 Å². The zero-order valence-corrected chi connectivity index (χ0v) is 10.7. The van der Waals surface area contributed by atoms with Gasteiger partial charge in [-0.1, -0.05) is 0 Å². The van der Waals surface area contributed by atoms with E-state index >= 15 is 0 Å². The van der Waals surface area contributed by atoms with Gasteiger partial charge in [-0.05, 0) is 13.0 Å². The van der Waals surface area contributed by atoms with Crippen molar-refractivity contribution >= 4 is 27.0 Å². The van der Waals surface area contributed by atoms with Crippen LogP contribution in [0.2, 0.25) is 0 Å². The van der Waals surface area contributed by atoms with Crippen LogP contribution < -0.4 is 10.5 Å². The molecule has 17 heavy (non-hydrogen) atoms. The van der Waals surface area contributed by atoms with Crippen LogP contribution in [-0.2, 0) is 16.6 Å². The fraction of sp³-hybridized carbons (Fsp3) is 0.222. The normalized spacial score (nSPS) is 11.6. The minimum absolute atomic E-state index is 0.268. The maximum Gasteiger partial charge on any atom is 0.263 e. The van der Waals surface area contributed by atoms with Crippen molar-refractivity contribution < 1.29 is 8.42 Å². The monoisotopic (exact) mass is 272 g/mol. The van der Waals surface area contributed by atoms with Crippen molar-refractivity contribution in [3.8, 4) is 0 Å². The molecule has 0 saturated carbocycles. The van der Waals surface area contributed by atoms with E-state index in [0.29, 0.717) is 12.2 Å². The second kappa shape index (κ2) is 4.47. The molecule has 8 heteroatoms. The highest BCUT2D eigenvalue weighted by Gasteiger charge is 2.19. The molecule has 0 saturated heterocycles. The maximum atomic E-state index is 12.1. The average Bonchev–Trinajstić information content (AvgIpc) is 2.86. The molecule has 92 valence electrons. The lowest BCUT2D eigenvalue weighted by Crippen LogP contribution is -2.12. The maximum absolute atomic E-state index is 12.1. The Morgan fingerprint density at radius 1 is 1.59 bits per heavy atom. The predicted molar refractivity (Wildman–Crippen MR) is 66.3 cm³/mol. The second-order valence-corrected chi connectivity index (χ2v) is 6.42. The number of hydrogen-bond donors (Lipinski definition) is 3. The topological polar surface area (TPSA) is 101 Å². The number of sulfonamides is 1. The summed E-state index contributed by atoms with van der Waals surface area (Å²) in [6.45, 7) is 2.10. The number of nitrogens with two attached hydrogens (primary N) is 1. The lowest BCUT2D eigenvalue weighted by atomic mass is 10.4. The van der Waals surface area contributed by atoms with Gasteiger partial charge in [0.15, 0.2) is 0 Å². The summed E-state index contributed by atoms with van der Waals surface area (Å²) in [6, 6.07) is 1.60. The summed E-state index contributed by atoms with van der Waals surface area (Å²) in [4.78, 5) is 1.83. The van der Waals surface area contributed by atoms with Crippen molar-refractivity contribution in [1.29, 1.82) is 0 Å². The van der Waals surface area contributed by atoms with Crippen LogP contribution in [0, 0.1) is 6.92 Å². The van der Waals surface area contributed by atoms with E-state index in [9.17, 15) is 8.42 Å². The average molecular weight is 272 g/mol. The van der Waals surface area contributed by atoms with Crippen LogP contribution in [0.4, 0.5) is 5.69 Å². The molecule has 0 aliphatic carbocycles. The van der Waals surface area contributed by atoms with Crippen molar-refractivity contribution in [1.82, 2.24) is 10.2 Å². The zero-order valence-electron chi connectivity index (χ0n) is 9.10. The van der Waals surface area contributed by atoms with Gasteiger partial charge in [0.05, 0.1) is 11.9 Å². The standard InChI is InChI=1S/C9H12N4O2S2/c1-6-9(2-8(3-10)16-6)17(14,15)13-7-4-11-12-5-7/h2,4-5,13H,3,10H2,1H3,(H,11,12). The third-order valence-corrected chi connectivity index (χ3v) is 4.87. The molecule has 0 bridgehead atoms. The van der Waals surface area contributed by atoms with Gasteiger partial charge in [-0.25, -0.2) is 8.42 Å². The molecule has 0 aromatic carbocycles. The summed E-state index contributed by atoms with van der Waals surface area (Å²) >= 11 is 1.39. The Balaban J connectivity index is 2.34. The Labute approximate surface area is 103 Å². The number of nitrogens with zero attached hydrogens (tertiary/aromatic N) is 1. The number of aromatic nitrogens is 2. The summed E-state index contributed by atoms with van der Waals surface area (Å²) in [6.07, 6.45) is 2.88. The van der Waals surface area contributed by atoms with E-state index in [1.165, 1.54) is 23.7 Å². The molecular formula is C9H12N4O2S2. The predicted octanol–water partition coefficient (Wildman–Crippen LogP) is 1.04. The Morgan fingerprint density at radius 3 is 2.88 bits per heavy atom. The van der Waals surface area contributed by atoms with Crippen LogP contribution >= 0.6 is 11.3 Å². The highest BCUT2D eigenvalue weighted by Crippen LogP contribution is 2.26. The van der Waals surface area contributed by atoms with E-state index in [0.717, 1.165) is 9.75 Å². The summed E-state index contributed by atoms with van der Waals surface area (Å²) in [5.41, 5.74) is 5.90. The van der Waals surface area contributed by atoms with Crippen LogP contribution in [0.15, 0.2) is 23.4 Å². The molecule has 0 unspecified atom stereocenters. The Morgan fingerprint density at radius 2 is 2.35 bits per heavy atom. The Hall–Kier alpha value is -1.38. The largest absolute Gasteiger partial charge is 0.326 e. The lowest BCUT2D eigenvalue weighted by Gasteiger charge is -2.04. The number of nitrogens with one attached hydrogen (secondary N) is 2. The van der Waals surface area contributed by atoms with E-state index in [1.807, 2.05) is 0 Å². The van der Waals surface area contributed by atoms with Crippen LogP contribution in [0.25, 0.3) is 0 Å². The summed E-state index contributed by atoms with van der Waals surface area (Å²) in [5, 5.41) is 6.21. The number of hydrogen-bond acceptors (Lipinski definition) is 5. The van der Waals surface area contributed by atoms with Crippen molar-refractivity contribution in [2.75, 3.05) is 4.72 Å². The molecule has 6 nitrogen and oxygen atoms in total. The molecule has 0 spiro atoms. The number of H-pyrrole nitrogens is 1.